The second kappa shape index (κ2) is 7.21. The van der Waals surface area contributed by atoms with Gasteiger partial charge in [-0.05, 0) is 35.9 Å². The molecule has 3 rings (SSSR count). The molecule has 1 aliphatic rings. The highest BCUT2D eigenvalue weighted by Crippen LogP contribution is 2.45. The van der Waals surface area contributed by atoms with Crippen LogP contribution in [0.3, 0.4) is 0 Å². The normalized spacial score (nSPS) is 15.4. The summed E-state index contributed by atoms with van der Waals surface area (Å²) in [6.07, 6.45) is 1.14. The van der Waals surface area contributed by atoms with Crippen molar-refractivity contribution in [1.82, 2.24) is 0 Å². The van der Waals surface area contributed by atoms with Crippen LogP contribution in [-0.2, 0) is 9.84 Å². The van der Waals surface area contributed by atoms with Crippen molar-refractivity contribution in [1.29, 1.82) is 0 Å². The lowest BCUT2D eigenvalue weighted by Crippen LogP contribution is -2.12. The van der Waals surface area contributed by atoms with Gasteiger partial charge in [0.15, 0.2) is 9.84 Å². The molecule has 1 aliphatic heterocycles. The average Bonchev–Trinajstić information content (AvgIpc) is 3.09. The van der Waals surface area contributed by atoms with Gasteiger partial charge in [0.2, 0.25) is 0 Å². The smallest absolute Gasteiger partial charge is 0.255 e. The third kappa shape index (κ3) is 4.15. The molecule has 4 nitrogen and oxygen atoms in total. The topological polar surface area (TPSA) is 63.2 Å². The third-order valence-electron chi connectivity index (χ3n) is 3.59. The van der Waals surface area contributed by atoms with Crippen LogP contribution in [0.1, 0.15) is 20.5 Å². The minimum Gasteiger partial charge on any atom is -0.322 e. The summed E-state index contributed by atoms with van der Waals surface area (Å²) in [7, 11) is -3.30. The van der Waals surface area contributed by atoms with Crippen LogP contribution in [0, 0.1) is 0 Å². The van der Waals surface area contributed by atoms with Crippen molar-refractivity contribution >= 4 is 45.0 Å². The van der Waals surface area contributed by atoms with Crippen LogP contribution in [0.2, 0.25) is 0 Å². The largest absolute Gasteiger partial charge is 0.322 e. The SMILES string of the molecule is CS(=O)(=O)c1cccc(NC(=O)c2ccc(C3SCCS3)cc2)c1. The molecule has 0 aliphatic carbocycles. The fraction of sp³-hybridized carbons (Fsp3) is 0.235. The highest BCUT2D eigenvalue weighted by molar-refractivity contribution is 8.19. The van der Waals surface area contributed by atoms with Crippen LogP contribution >= 0.6 is 23.5 Å². The Morgan fingerprint density at radius 2 is 1.75 bits per heavy atom. The number of amides is 1. The minimum absolute atomic E-state index is 0.186. The van der Waals surface area contributed by atoms with Gasteiger partial charge >= 0.3 is 0 Å². The molecule has 0 saturated carbocycles. The molecule has 0 aromatic heterocycles. The quantitative estimate of drug-likeness (QED) is 0.875. The van der Waals surface area contributed by atoms with Gasteiger partial charge in [0, 0.05) is 29.0 Å². The van der Waals surface area contributed by atoms with Gasteiger partial charge in [0.05, 0.1) is 9.48 Å². The Morgan fingerprint density at radius 3 is 2.38 bits per heavy atom. The fourth-order valence-corrected chi connectivity index (χ4v) is 5.88. The van der Waals surface area contributed by atoms with Crippen LogP contribution < -0.4 is 5.32 Å². The summed E-state index contributed by atoms with van der Waals surface area (Å²) < 4.78 is 23.6. The van der Waals surface area contributed by atoms with E-state index in [1.54, 1.807) is 12.1 Å². The third-order valence-corrected chi connectivity index (χ3v) is 7.80. The van der Waals surface area contributed by atoms with Crippen molar-refractivity contribution in [2.45, 2.75) is 9.48 Å². The van der Waals surface area contributed by atoms with E-state index >= 15 is 0 Å². The Hall–Kier alpha value is -1.44. The standard InChI is InChI=1S/C17H17NO3S3/c1-24(20,21)15-4-2-3-14(11-15)18-16(19)12-5-7-13(8-6-12)17-22-9-10-23-17/h2-8,11,17H,9-10H2,1H3,(H,18,19). The number of thioether (sulfide) groups is 2. The molecule has 24 heavy (non-hydrogen) atoms. The van der Waals surface area contributed by atoms with Crippen LogP contribution in [0.4, 0.5) is 5.69 Å². The molecule has 1 fully saturated rings. The number of carbonyl (C=O) groups is 1. The van der Waals surface area contributed by atoms with Crippen LogP contribution in [0.5, 0.6) is 0 Å². The first kappa shape index (κ1) is 17.4. The number of hydrogen-bond acceptors (Lipinski definition) is 5. The first-order chi connectivity index (χ1) is 11.4. The number of anilines is 1. The minimum atomic E-state index is -3.30. The molecule has 1 heterocycles. The Morgan fingerprint density at radius 1 is 1.08 bits per heavy atom. The fourth-order valence-electron chi connectivity index (χ4n) is 2.35. The monoisotopic (exact) mass is 379 g/mol. The van der Waals surface area contributed by atoms with Gasteiger partial charge in [-0.3, -0.25) is 4.79 Å². The number of benzene rings is 2. The van der Waals surface area contributed by atoms with Gasteiger partial charge in [-0.25, -0.2) is 8.42 Å². The summed E-state index contributed by atoms with van der Waals surface area (Å²) in [6.45, 7) is 0. The molecule has 0 atom stereocenters. The first-order valence-electron chi connectivity index (χ1n) is 7.38. The Balaban J connectivity index is 1.73. The molecule has 126 valence electrons. The molecule has 0 radical (unpaired) electrons. The Bertz CT molecular complexity index is 842. The summed E-state index contributed by atoms with van der Waals surface area (Å²) in [5, 5.41) is 2.75. The summed E-state index contributed by atoms with van der Waals surface area (Å²) in [6, 6.07) is 13.9. The van der Waals surface area contributed by atoms with Gasteiger partial charge in [-0.15, -0.1) is 23.5 Å². The second-order valence-corrected chi connectivity index (χ2v) is 10.2. The number of sulfone groups is 1. The average molecular weight is 380 g/mol. The van der Waals surface area contributed by atoms with Gasteiger partial charge in [-0.2, -0.15) is 0 Å². The first-order valence-corrected chi connectivity index (χ1v) is 11.4. The number of nitrogens with one attached hydrogen (secondary N) is 1. The van der Waals surface area contributed by atoms with Crippen molar-refractivity contribution in [3.8, 4) is 0 Å². The van der Waals surface area contributed by atoms with E-state index in [1.807, 2.05) is 47.8 Å². The van der Waals surface area contributed by atoms with E-state index in [0.29, 0.717) is 15.8 Å². The van der Waals surface area contributed by atoms with Crippen molar-refractivity contribution in [3.05, 3.63) is 59.7 Å². The zero-order chi connectivity index (χ0) is 17.2. The summed E-state index contributed by atoms with van der Waals surface area (Å²) in [5.41, 5.74) is 2.24. The highest BCUT2D eigenvalue weighted by atomic mass is 32.2. The molecule has 2 aromatic rings. The van der Waals surface area contributed by atoms with Gasteiger partial charge < -0.3 is 5.32 Å². The maximum absolute atomic E-state index is 12.3. The van der Waals surface area contributed by atoms with E-state index in [1.165, 1.54) is 17.7 Å². The molecular formula is C17H17NO3S3. The van der Waals surface area contributed by atoms with E-state index in [0.717, 1.165) is 17.8 Å². The summed E-state index contributed by atoms with van der Waals surface area (Å²) in [5.74, 6) is 2.07. The zero-order valence-corrected chi connectivity index (χ0v) is 15.5. The van der Waals surface area contributed by atoms with Crippen molar-refractivity contribution in [3.63, 3.8) is 0 Å². The second-order valence-electron chi connectivity index (χ2n) is 5.45. The number of hydrogen-bond donors (Lipinski definition) is 1. The summed E-state index contributed by atoms with van der Waals surface area (Å²) in [4.78, 5) is 12.5. The van der Waals surface area contributed by atoms with Gasteiger partial charge in [-0.1, -0.05) is 18.2 Å². The number of carbonyl (C=O) groups excluding carboxylic acids is 1. The van der Waals surface area contributed by atoms with Gasteiger partial charge in [0.25, 0.3) is 5.91 Å². The molecular weight excluding hydrogens is 362 g/mol. The van der Waals surface area contributed by atoms with E-state index in [-0.39, 0.29) is 10.8 Å². The predicted octanol–water partition coefficient (Wildman–Crippen LogP) is 3.82. The van der Waals surface area contributed by atoms with Gasteiger partial charge in [0.1, 0.15) is 0 Å². The summed E-state index contributed by atoms with van der Waals surface area (Å²) >= 11 is 3.84. The zero-order valence-electron chi connectivity index (χ0n) is 13.1. The maximum Gasteiger partial charge on any atom is 0.255 e. The van der Waals surface area contributed by atoms with E-state index in [9.17, 15) is 13.2 Å². The lowest BCUT2D eigenvalue weighted by Gasteiger charge is -2.10. The molecule has 1 saturated heterocycles. The molecule has 0 unspecified atom stereocenters. The lowest BCUT2D eigenvalue weighted by molar-refractivity contribution is 0.102. The Labute approximate surface area is 150 Å². The highest BCUT2D eigenvalue weighted by Gasteiger charge is 2.18. The molecule has 2 aromatic carbocycles. The Kier molecular flexibility index (Phi) is 5.22. The van der Waals surface area contributed by atoms with Crippen LogP contribution in [0.25, 0.3) is 0 Å². The van der Waals surface area contributed by atoms with Crippen LogP contribution in [0.15, 0.2) is 53.4 Å². The van der Waals surface area contributed by atoms with Crippen molar-refractivity contribution < 1.29 is 13.2 Å². The molecule has 1 amide bonds. The lowest BCUT2D eigenvalue weighted by atomic mass is 10.1. The molecule has 0 bridgehead atoms. The number of rotatable bonds is 4. The van der Waals surface area contributed by atoms with E-state index in [2.05, 4.69) is 5.32 Å². The molecule has 0 spiro atoms. The van der Waals surface area contributed by atoms with Crippen molar-refractivity contribution in [2.24, 2.45) is 0 Å². The molecule has 7 heteroatoms. The van der Waals surface area contributed by atoms with Crippen LogP contribution in [-0.4, -0.2) is 32.1 Å². The van der Waals surface area contributed by atoms with E-state index in [4.69, 9.17) is 0 Å². The molecule has 1 N–H and O–H groups in total. The van der Waals surface area contributed by atoms with E-state index < -0.39 is 9.84 Å². The predicted molar refractivity (Wildman–Crippen MR) is 102 cm³/mol. The maximum atomic E-state index is 12.3. The van der Waals surface area contributed by atoms with Crippen molar-refractivity contribution in [2.75, 3.05) is 23.1 Å².